The molecule has 1 fully saturated rings. The number of benzene rings is 1. The van der Waals surface area contributed by atoms with Crippen molar-refractivity contribution in [3.05, 3.63) is 35.2 Å². The standard InChI is InChI=1S/C15H19N3S/c16-15(17)11-4-3-7-18(8-11)9-12-10-19-14-6-2-1-5-13(12)14/h1-2,5-6,10-11H,3-4,7-9H2,(H3,16,17). The van der Waals surface area contributed by atoms with E-state index in [0.717, 1.165) is 32.5 Å². The summed E-state index contributed by atoms with van der Waals surface area (Å²) in [6.45, 7) is 3.03. The fraction of sp³-hybridized carbons (Fsp3) is 0.400. The van der Waals surface area contributed by atoms with Crippen molar-refractivity contribution in [2.24, 2.45) is 11.7 Å². The summed E-state index contributed by atoms with van der Waals surface area (Å²) in [7, 11) is 0. The minimum Gasteiger partial charge on any atom is -0.387 e. The van der Waals surface area contributed by atoms with E-state index in [1.807, 2.05) is 11.3 Å². The van der Waals surface area contributed by atoms with E-state index in [-0.39, 0.29) is 5.92 Å². The maximum atomic E-state index is 7.61. The molecule has 3 nitrogen and oxygen atoms in total. The molecule has 4 heteroatoms. The zero-order valence-electron chi connectivity index (χ0n) is 10.9. The van der Waals surface area contributed by atoms with Crippen LogP contribution >= 0.6 is 11.3 Å². The maximum Gasteiger partial charge on any atom is 0.0949 e. The van der Waals surface area contributed by atoms with Crippen LogP contribution in [0.4, 0.5) is 0 Å². The van der Waals surface area contributed by atoms with Crippen molar-refractivity contribution in [1.82, 2.24) is 4.90 Å². The topological polar surface area (TPSA) is 53.1 Å². The Hall–Kier alpha value is -1.39. The van der Waals surface area contributed by atoms with Crippen molar-refractivity contribution >= 4 is 27.3 Å². The van der Waals surface area contributed by atoms with Crippen LogP contribution in [0.2, 0.25) is 0 Å². The van der Waals surface area contributed by atoms with E-state index >= 15 is 0 Å². The van der Waals surface area contributed by atoms with Gasteiger partial charge in [-0.1, -0.05) is 18.2 Å². The van der Waals surface area contributed by atoms with Gasteiger partial charge in [0.2, 0.25) is 0 Å². The number of amidine groups is 1. The molecule has 0 aliphatic carbocycles. The Labute approximate surface area is 117 Å². The number of hydrogen-bond acceptors (Lipinski definition) is 3. The molecule has 19 heavy (non-hydrogen) atoms. The molecule has 0 radical (unpaired) electrons. The Bertz CT molecular complexity index is 590. The van der Waals surface area contributed by atoms with Gasteiger partial charge in [-0.15, -0.1) is 11.3 Å². The maximum absolute atomic E-state index is 7.61. The molecule has 2 aromatic rings. The molecule has 0 amide bonds. The highest BCUT2D eigenvalue weighted by Crippen LogP contribution is 2.28. The lowest BCUT2D eigenvalue weighted by Crippen LogP contribution is -2.40. The van der Waals surface area contributed by atoms with Crippen LogP contribution in [0.5, 0.6) is 0 Å². The molecular formula is C15H19N3S. The third kappa shape index (κ3) is 2.65. The molecule has 1 atom stereocenters. The van der Waals surface area contributed by atoms with Crippen molar-refractivity contribution in [2.45, 2.75) is 19.4 Å². The van der Waals surface area contributed by atoms with Gasteiger partial charge in [-0.2, -0.15) is 0 Å². The molecule has 1 aromatic heterocycles. The zero-order chi connectivity index (χ0) is 13.2. The highest BCUT2D eigenvalue weighted by Gasteiger charge is 2.22. The highest BCUT2D eigenvalue weighted by atomic mass is 32.1. The summed E-state index contributed by atoms with van der Waals surface area (Å²) in [5, 5.41) is 11.3. The normalized spacial score (nSPS) is 20.7. The molecule has 100 valence electrons. The summed E-state index contributed by atoms with van der Waals surface area (Å²) in [5.41, 5.74) is 7.06. The van der Waals surface area contributed by atoms with E-state index in [9.17, 15) is 0 Å². The molecule has 2 heterocycles. The first-order valence-electron chi connectivity index (χ1n) is 6.75. The van der Waals surface area contributed by atoms with E-state index in [2.05, 4.69) is 34.5 Å². The summed E-state index contributed by atoms with van der Waals surface area (Å²) < 4.78 is 1.36. The van der Waals surface area contributed by atoms with Gasteiger partial charge in [-0.3, -0.25) is 10.3 Å². The second-order valence-corrected chi connectivity index (χ2v) is 6.20. The SMILES string of the molecule is N=C(N)C1CCCN(Cc2csc3ccccc23)C1. The molecule has 0 spiro atoms. The largest absolute Gasteiger partial charge is 0.387 e. The van der Waals surface area contributed by atoms with Gasteiger partial charge >= 0.3 is 0 Å². The van der Waals surface area contributed by atoms with Gasteiger partial charge in [-0.25, -0.2) is 0 Å². The van der Waals surface area contributed by atoms with E-state index < -0.39 is 0 Å². The predicted octanol–water partition coefficient (Wildman–Crippen LogP) is 3.05. The summed E-state index contributed by atoms with van der Waals surface area (Å²) in [5.74, 6) is 0.596. The number of nitrogens with one attached hydrogen (secondary N) is 1. The summed E-state index contributed by atoms with van der Waals surface area (Å²) in [6, 6.07) is 8.58. The molecule has 1 unspecified atom stereocenters. The van der Waals surface area contributed by atoms with Crippen LogP contribution in [0.3, 0.4) is 0 Å². The summed E-state index contributed by atoms with van der Waals surface area (Å²) in [4.78, 5) is 2.43. The lowest BCUT2D eigenvalue weighted by atomic mass is 9.96. The monoisotopic (exact) mass is 273 g/mol. The van der Waals surface area contributed by atoms with E-state index in [0.29, 0.717) is 5.84 Å². The Morgan fingerprint density at radius 1 is 1.42 bits per heavy atom. The molecule has 1 aliphatic rings. The molecule has 1 aliphatic heterocycles. The molecule has 3 N–H and O–H groups in total. The second-order valence-electron chi connectivity index (χ2n) is 5.29. The first-order chi connectivity index (χ1) is 9.24. The quantitative estimate of drug-likeness (QED) is 0.667. The molecule has 0 bridgehead atoms. The number of fused-ring (bicyclic) bond motifs is 1. The third-order valence-corrected chi connectivity index (χ3v) is 4.91. The molecule has 0 saturated carbocycles. The number of nitrogens with zero attached hydrogens (tertiary/aromatic N) is 1. The van der Waals surface area contributed by atoms with E-state index in [1.165, 1.54) is 15.6 Å². The zero-order valence-corrected chi connectivity index (χ0v) is 11.7. The summed E-state index contributed by atoms with van der Waals surface area (Å²) >= 11 is 1.82. The Morgan fingerprint density at radius 2 is 2.26 bits per heavy atom. The average molecular weight is 273 g/mol. The fourth-order valence-corrected chi connectivity index (χ4v) is 3.80. The van der Waals surface area contributed by atoms with E-state index in [4.69, 9.17) is 11.1 Å². The minimum absolute atomic E-state index is 0.249. The fourth-order valence-electron chi connectivity index (χ4n) is 2.85. The van der Waals surface area contributed by atoms with Gasteiger partial charge in [0.1, 0.15) is 0 Å². The van der Waals surface area contributed by atoms with Gasteiger partial charge in [0.25, 0.3) is 0 Å². The lowest BCUT2D eigenvalue weighted by molar-refractivity contribution is 0.196. The number of piperidine rings is 1. The average Bonchev–Trinajstić information content (AvgIpc) is 2.83. The first kappa shape index (κ1) is 12.6. The van der Waals surface area contributed by atoms with Gasteiger partial charge in [-0.05, 0) is 41.8 Å². The number of rotatable bonds is 3. The van der Waals surface area contributed by atoms with Crippen LogP contribution in [-0.4, -0.2) is 23.8 Å². The second kappa shape index (κ2) is 5.31. The molecule has 3 rings (SSSR count). The molecule has 1 saturated heterocycles. The number of thiophene rings is 1. The molecule has 1 aromatic carbocycles. The van der Waals surface area contributed by atoms with Crippen LogP contribution in [0.25, 0.3) is 10.1 Å². The van der Waals surface area contributed by atoms with Crippen molar-refractivity contribution < 1.29 is 0 Å². The smallest absolute Gasteiger partial charge is 0.0949 e. The Morgan fingerprint density at radius 3 is 3.11 bits per heavy atom. The first-order valence-corrected chi connectivity index (χ1v) is 7.63. The van der Waals surface area contributed by atoms with Crippen LogP contribution in [0, 0.1) is 11.3 Å². The van der Waals surface area contributed by atoms with Crippen molar-refractivity contribution in [3.8, 4) is 0 Å². The lowest BCUT2D eigenvalue weighted by Gasteiger charge is -2.31. The number of nitrogens with two attached hydrogens (primary N) is 1. The van der Waals surface area contributed by atoms with Gasteiger partial charge in [0.15, 0.2) is 0 Å². The van der Waals surface area contributed by atoms with Crippen molar-refractivity contribution in [2.75, 3.05) is 13.1 Å². The van der Waals surface area contributed by atoms with Gasteiger partial charge in [0, 0.05) is 23.7 Å². The Kier molecular flexibility index (Phi) is 3.53. The number of hydrogen-bond donors (Lipinski definition) is 2. The van der Waals surface area contributed by atoms with Crippen molar-refractivity contribution in [1.29, 1.82) is 5.41 Å². The van der Waals surface area contributed by atoms with Crippen LogP contribution < -0.4 is 5.73 Å². The minimum atomic E-state index is 0.249. The van der Waals surface area contributed by atoms with Crippen LogP contribution in [-0.2, 0) is 6.54 Å². The predicted molar refractivity (Wildman–Crippen MR) is 81.7 cm³/mol. The van der Waals surface area contributed by atoms with Crippen LogP contribution in [0.15, 0.2) is 29.6 Å². The molecular weight excluding hydrogens is 254 g/mol. The summed E-state index contributed by atoms with van der Waals surface area (Å²) in [6.07, 6.45) is 2.21. The van der Waals surface area contributed by atoms with Crippen molar-refractivity contribution in [3.63, 3.8) is 0 Å². The Balaban J connectivity index is 1.76. The van der Waals surface area contributed by atoms with Gasteiger partial charge in [0.05, 0.1) is 5.84 Å². The van der Waals surface area contributed by atoms with Crippen LogP contribution in [0.1, 0.15) is 18.4 Å². The highest BCUT2D eigenvalue weighted by molar-refractivity contribution is 7.17. The van der Waals surface area contributed by atoms with Gasteiger partial charge < -0.3 is 5.73 Å². The third-order valence-electron chi connectivity index (χ3n) is 3.90. The van der Waals surface area contributed by atoms with E-state index in [1.54, 1.807) is 0 Å². The number of likely N-dealkylation sites (tertiary alicyclic amines) is 1.